The first-order chi connectivity index (χ1) is 12.6. The summed E-state index contributed by atoms with van der Waals surface area (Å²) in [5.74, 6) is -0.239. The molecule has 0 aliphatic heterocycles. The van der Waals surface area contributed by atoms with Crippen molar-refractivity contribution in [3.63, 3.8) is 0 Å². The number of carbonyl (C=O) groups excluding carboxylic acids is 1. The van der Waals surface area contributed by atoms with Crippen LogP contribution < -0.4 is 5.32 Å². The van der Waals surface area contributed by atoms with Gasteiger partial charge in [-0.1, -0.05) is 5.16 Å². The Labute approximate surface area is 150 Å². The number of rotatable bonds is 4. The maximum atomic E-state index is 13.0. The number of benzene rings is 1. The summed E-state index contributed by atoms with van der Waals surface area (Å²) >= 11 is 0. The second kappa shape index (κ2) is 6.74. The molecule has 4 rings (SSSR count). The summed E-state index contributed by atoms with van der Waals surface area (Å²) in [7, 11) is 0. The Morgan fingerprint density at radius 1 is 1.27 bits per heavy atom. The zero-order valence-electron chi connectivity index (χ0n) is 14.4. The number of carbonyl (C=O) groups is 1. The summed E-state index contributed by atoms with van der Waals surface area (Å²) in [4.78, 5) is 12.6. The minimum Gasteiger partial charge on any atom is -0.350 e. The Bertz CT molecular complexity index is 929. The van der Waals surface area contributed by atoms with Crippen molar-refractivity contribution in [1.29, 1.82) is 0 Å². The summed E-state index contributed by atoms with van der Waals surface area (Å²) in [5.41, 5.74) is 3.43. The Kier molecular flexibility index (Phi) is 4.28. The van der Waals surface area contributed by atoms with Crippen molar-refractivity contribution in [2.75, 3.05) is 0 Å². The second-order valence-corrected chi connectivity index (χ2v) is 6.53. The first kappa shape index (κ1) is 16.5. The van der Waals surface area contributed by atoms with E-state index >= 15 is 0 Å². The van der Waals surface area contributed by atoms with Crippen LogP contribution >= 0.6 is 0 Å². The molecule has 0 spiro atoms. The van der Waals surface area contributed by atoms with E-state index in [0.717, 1.165) is 48.2 Å². The predicted molar refractivity (Wildman–Crippen MR) is 92.5 cm³/mol. The van der Waals surface area contributed by atoms with E-state index in [1.54, 1.807) is 23.0 Å². The lowest BCUT2D eigenvalue weighted by Gasteiger charge is -2.12. The van der Waals surface area contributed by atoms with Crippen LogP contribution in [0.25, 0.3) is 5.69 Å². The largest absolute Gasteiger partial charge is 0.350 e. The zero-order valence-corrected chi connectivity index (χ0v) is 14.4. The smallest absolute Gasteiger partial charge is 0.290 e. The van der Waals surface area contributed by atoms with Crippen LogP contribution in [0.3, 0.4) is 0 Å². The van der Waals surface area contributed by atoms with Gasteiger partial charge in [-0.15, -0.1) is 0 Å². The van der Waals surface area contributed by atoms with Gasteiger partial charge in [0.25, 0.3) is 5.91 Å². The lowest BCUT2D eigenvalue weighted by molar-refractivity contribution is 0.0901. The van der Waals surface area contributed by atoms with Crippen LogP contribution in [-0.2, 0) is 12.8 Å². The van der Waals surface area contributed by atoms with Crippen molar-refractivity contribution in [2.24, 2.45) is 0 Å². The molecule has 0 saturated carbocycles. The molecular weight excluding hydrogens is 335 g/mol. The van der Waals surface area contributed by atoms with Gasteiger partial charge in [0, 0.05) is 17.3 Å². The Balaban J connectivity index is 1.48. The van der Waals surface area contributed by atoms with Crippen molar-refractivity contribution >= 4 is 5.91 Å². The third-order valence-electron chi connectivity index (χ3n) is 4.71. The summed E-state index contributed by atoms with van der Waals surface area (Å²) in [6.45, 7) is 1.88. The van der Waals surface area contributed by atoms with E-state index in [2.05, 4.69) is 15.6 Å². The van der Waals surface area contributed by atoms with Gasteiger partial charge < -0.3 is 9.84 Å². The van der Waals surface area contributed by atoms with E-state index in [0.29, 0.717) is 5.76 Å². The van der Waals surface area contributed by atoms with Crippen LogP contribution in [-0.4, -0.2) is 20.8 Å². The van der Waals surface area contributed by atoms with Gasteiger partial charge >= 0.3 is 0 Å². The van der Waals surface area contributed by atoms with Gasteiger partial charge in [0.2, 0.25) is 5.76 Å². The molecule has 26 heavy (non-hydrogen) atoms. The zero-order chi connectivity index (χ0) is 18.1. The highest BCUT2D eigenvalue weighted by molar-refractivity contribution is 5.93. The molecule has 2 aromatic heterocycles. The SMILES string of the molecule is C[C@H](NC(=O)c1onc2c1CCCC2)c1cnn(-c2ccc(F)cc2)c1. The highest BCUT2D eigenvalue weighted by atomic mass is 19.1. The van der Waals surface area contributed by atoms with Crippen molar-refractivity contribution in [1.82, 2.24) is 20.3 Å². The molecule has 1 aliphatic carbocycles. The fourth-order valence-corrected chi connectivity index (χ4v) is 3.21. The fourth-order valence-electron chi connectivity index (χ4n) is 3.21. The molecule has 0 fully saturated rings. The third-order valence-corrected chi connectivity index (χ3v) is 4.71. The van der Waals surface area contributed by atoms with Crippen LogP contribution in [0.5, 0.6) is 0 Å². The van der Waals surface area contributed by atoms with E-state index in [1.807, 2.05) is 13.1 Å². The molecule has 0 unspecified atom stereocenters. The van der Waals surface area contributed by atoms with Crippen molar-refractivity contribution in [2.45, 2.75) is 38.6 Å². The Morgan fingerprint density at radius 3 is 2.85 bits per heavy atom. The van der Waals surface area contributed by atoms with Gasteiger partial charge in [-0.3, -0.25) is 4.79 Å². The standard InChI is InChI=1S/C19H19FN4O2/c1-12(13-10-21-24(11-13)15-8-6-14(20)7-9-15)22-19(25)18-16-4-2-3-5-17(16)23-26-18/h6-12H,2-5H2,1H3,(H,22,25)/t12-/m0/s1. The number of halogens is 1. The van der Waals surface area contributed by atoms with Crippen molar-refractivity contribution < 1.29 is 13.7 Å². The average Bonchev–Trinajstić information content (AvgIpc) is 3.30. The molecule has 1 N–H and O–H groups in total. The molecule has 7 heteroatoms. The number of hydrogen-bond donors (Lipinski definition) is 1. The fraction of sp³-hybridized carbons (Fsp3) is 0.316. The second-order valence-electron chi connectivity index (χ2n) is 6.53. The summed E-state index contributed by atoms with van der Waals surface area (Å²) < 4.78 is 20.0. The molecule has 2 heterocycles. The maximum absolute atomic E-state index is 13.0. The van der Waals surface area contributed by atoms with Gasteiger partial charge in [0.15, 0.2) is 0 Å². The minimum atomic E-state index is -0.294. The minimum absolute atomic E-state index is 0.249. The van der Waals surface area contributed by atoms with E-state index in [-0.39, 0.29) is 17.8 Å². The highest BCUT2D eigenvalue weighted by Gasteiger charge is 2.25. The maximum Gasteiger partial charge on any atom is 0.290 e. The predicted octanol–water partition coefficient (Wildman–Crippen LogP) is 3.37. The summed E-state index contributed by atoms with van der Waals surface area (Å²) in [6.07, 6.45) is 7.33. The highest BCUT2D eigenvalue weighted by Crippen LogP contribution is 2.24. The first-order valence-electron chi connectivity index (χ1n) is 8.70. The Hall–Kier alpha value is -2.96. The molecule has 1 aromatic carbocycles. The van der Waals surface area contributed by atoms with Crippen LogP contribution in [0.4, 0.5) is 4.39 Å². The van der Waals surface area contributed by atoms with Crippen LogP contribution in [0.1, 0.15) is 53.2 Å². The van der Waals surface area contributed by atoms with Crippen LogP contribution in [0, 0.1) is 5.82 Å². The molecular formula is C19H19FN4O2. The molecule has 0 bridgehead atoms. The van der Waals surface area contributed by atoms with Crippen LogP contribution in [0.2, 0.25) is 0 Å². The normalized spacial score (nSPS) is 14.7. The van der Waals surface area contributed by atoms with Crippen LogP contribution in [0.15, 0.2) is 41.2 Å². The van der Waals surface area contributed by atoms with E-state index < -0.39 is 0 Å². The van der Waals surface area contributed by atoms with Gasteiger partial charge in [-0.2, -0.15) is 5.10 Å². The quantitative estimate of drug-likeness (QED) is 0.780. The molecule has 0 radical (unpaired) electrons. The monoisotopic (exact) mass is 354 g/mol. The van der Waals surface area contributed by atoms with Crippen molar-refractivity contribution in [3.8, 4) is 5.69 Å². The molecule has 1 amide bonds. The van der Waals surface area contributed by atoms with Gasteiger partial charge in [-0.25, -0.2) is 9.07 Å². The van der Waals surface area contributed by atoms with Gasteiger partial charge in [-0.05, 0) is 56.9 Å². The van der Waals surface area contributed by atoms with E-state index in [4.69, 9.17) is 4.52 Å². The number of amides is 1. The number of aryl methyl sites for hydroxylation is 1. The number of aromatic nitrogens is 3. The number of nitrogens with one attached hydrogen (secondary N) is 1. The van der Waals surface area contributed by atoms with Gasteiger partial charge in [0.1, 0.15) is 5.82 Å². The summed E-state index contributed by atoms with van der Waals surface area (Å²) in [6, 6.07) is 5.82. The lowest BCUT2D eigenvalue weighted by atomic mass is 9.96. The van der Waals surface area contributed by atoms with Gasteiger partial charge in [0.05, 0.1) is 23.6 Å². The average molecular weight is 354 g/mol. The molecule has 0 saturated heterocycles. The molecule has 1 aliphatic rings. The molecule has 3 aromatic rings. The number of hydrogen-bond acceptors (Lipinski definition) is 4. The number of fused-ring (bicyclic) bond motifs is 1. The number of nitrogens with zero attached hydrogens (tertiary/aromatic N) is 3. The van der Waals surface area contributed by atoms with E-state index in [1.165, 1.54) is 12.1 Å². The molecule has 1 atom stereocenters. The molecule has 134 valence electrons. The lowest BCUT2D eigenvalue weighted by Crippen LogP contribution is -2.27. The third kappa shape index (κ3) is 3.12. The topological polar surface area (TPSA) is 73.0 Å². The first-order valence-corrected chi connectivity index (χ1v) is 8.70. The summed E-state index contributed by atoms with van der Waals surface area (Å²) in [5, 5.41) is 11.2. The van der Waals surface area contributed by atoms with Crippen molar-refractivity contribution in [3.05, 3.63) is 65.1 Å². The van der Waals surface area contributed by atoms with E-state index in [9.17, 15) is 9.18 Å². The Morgan fingerprint density at radius 2 is 2.04 bits per heavy atom. The molecule has 6 nitrogen and oxygen atoms in total.